The predicted molar refractivity (Wildman–Crippen MR) is 69.0 cm³/mol. The van der Waals surface area contributed by atoms with Gasteiger partial charge in [-0.25, -0.2) is 0 Å². The molecule has 5 heteroatoms. The van der Waals surface area contributed by atoms with Crippen molar-refractivity contribution in [3.8, 4) is 0 Å². The number of fused-ring (bicyclic) bond motifs is 2. The normalized spacial score (nSPS) is 29.8. The highest BCUT2D eigenvalue weighted by Gasteiger charge is 2.44. The van der Waals surface area contributed by atoms with Crippen molar-refractivity contribution < 1.29 is 14.1 Å². The number of carbonyl (C=O) groups is 1. The minimum absolute atomic E-state index is 0.0818. The molecule has 2 bridgehead atoms. The summed E-state index contributed by atoms with van der Waals surface area (Å²) in [6.07, 6.45) is 4.36. The lowest BCUT2D eigenvalue weighted by molar-refractivity contribution is 0.00812. The van der Waals surface area contributed by atoms with Gasteiger partial charge in [0.25, 0.3) is 5.91 Å². The Morgan fingerprint density at radius 2 is 1.95 bits per heavy atom. The first-order valence-corrected chi connectivity index (χ1v) is 6.90. The third-order valence-corrected chi connectivity index (χ3v) is 4.50. The molecule has 3 heterocycles. The molecule has 2 aliphatic rings. The molecule has 2 atom stereocenters. The van der Waals surface area contributed by atoms with Gasteiger partial charge in [0.2, 0.25) is 0 Å². The number of methoxy groups -OCH3 is 1. The van der Waals surface area contributed by atoms with E-state index < -0.39 is 0 Å². The zero-order chi connectivity index (χ0) is 13.6. The molecule has 2 unspecified atom stereocenters. The van der Waals surface area contributed by atoms with Crippen LogP contribution in [0.5, 0.6) is 0 Å². The highest BCUT2D eigenvalue weighted by molar-refractivity contribution is 5.96. The molecule has 0 N–H and O–H groups in total. The number of carbonyl (C=O) groups excluding carboxylic acids is 1. The summed E-state index contributed by atoms with van der Waals surface area (Å²) >= 11 is 0. The van der Waals surface area contributed by atoms with E-state index in [1.807, 2.05) is 11.8 Å². The van der Waals surface area contributed by atoms with Gasteiger partial charge < -0.3 is 14.2 Å². The van der Waals surface area contributed by atoms with Crippen LogP contribution in [-0.4, -0.2) is 41.3 Å². The average molecular weight is 264 g/mol. The smallest absolute Gasteiger partial charge is 0.259 e. The SMILES string of the molecule is COC1CC2CCC(C1)N2C(=O)c1c(C)noc1C. The molecule has 2 fully saturated rings. The van der Waals surface area contributed by atoms with E-state index in [1.165, 1.54) is 0 Å². The van der Waals surface area contributed by atoms with Crippen LogP contribution < -0.4 is 0 Å². The predicted octanol–water partition coefficient (Wildman–Crippen LogP) is 2.07. The summed E-state index contributed by atoms with van der Waals surface area (Å²) in [6, 6.07) is 0.620. The van der Waals surface area contributed by atoms with Gasteiger partial charge in [-0.3, -0.25) is 4.79 Å². The average Bonchev–Trinajstić information content (AvgIpc) is 2.86. The van der Waals surface area contributed by atoms with Gasteiger partial charge in [-0.1, -0.05) is 5.16 Å². The van der Waals surface area contributed by atoms with Gasteiger partial charge in [-0.15, -0.1) is 0 Å². The lowest BCUT2D eigenvalue weighted by Crippen LogP contribution is -2.48. The molecule has 0 radical (unpaired) electrons. The van der Waals surface area contributed by atoms with E-state index in [1.54, 1.807) is 14.0 Å². The summed E-state index contributed by atoms with van der Waals surface area (Å²) in [6.45, 7) is 3.63. The van der Waals surface area contributed by atoms with Crippen molar-refractivity contribution in [2.24, 2.45) is 0 Å². The molecular formula is C14H20N2O3. The zero-order valence-electron chi connectivity index (χ0n) is 11.7. The van der Waals surface area contributed by atoms with E-state index in [2.05, 4.69) is 5.16 Å². The molecule has 2 aliphatic heterocycles. The first-order valence-electron chi connectivity index (χ1n) is 6.90. The Kier molecular flexibility index (Phi) is 3.09. The van der Waals surface area contributed by atoms with Gasteiger partial charge >= 0.3 is 0 Å². The van der Waals surface area contributed by atoms with Gasteiger partial charge in [0.05, 0.1) is 11.8 Å². The number of nitrogens with zero attached hydrogens (tertiary/aromatic N) is 2. The molecule has 0 spiro atoms. The minimum Gasteiger partial charge on any atom is -0.381 e. The van der Waals surface area contributed by atoms with Crippen molar-refractivity contribution in [2.75, 3.05) is 7.11 Å². The molecule has 3 rings (SSSR count). The third kappa shape index (κ3) is 1.96. The van der Waals surface area contributed by atoms with E-state index in [0.717, 1.165) is 25.7 Å². The van der Waals surface area contributed by atoms with Crippen molar-refractivity contribution in [3.63, 3.8) is 0 Å². The van der Waals surface area contributed by atoms with Gasteiger partial charge in [-0.2, -0.15) is 0 Å². The number of aryl methyl sites for hydroxylation is 2. The van der Waals surface area contributed by atoms with E-state index in [9.17, 15) is 4.79 Å². The fraction of sp³-hybridized carbons (Fsp3) is 0.714. The fourth-order valence-corrected chi connectivity index (χ4v) is 3.57. The molecule has 0 saturated carbocycles. The Bertz CT molecular complexity index is 463. The maximum absolute atomic E-state index is 12.7. The molecule has 1 aromatic rings. The third-order valence-electron chi connectivity index (χ3n) is 4.50. The summed E-state index contributed by atoms with van der Waals surface area (Å²) < 4.78 is 10.6. The topological polar surface area (TPSA) is 55.6 Å². The zero-order valence-corrected chi connectivity index (χ0v) is 11.7. The molecule has 1 aromatic heterocycles. The van der Waals surface area contributed by atoms with Crippen LogP contribution in [0.15, 0.2) is 4.52 Å². The molecule has 5 nitrogen and oxygen atoms in total. The summed E-state index contributed by atoms with van der Waals surface area (Å²) in [5.74, 6) is 0.703. The second-order valence-electron chi connectivity index (χ2n) is 5.63. The Labute approximate surface area is 112 Å². The van der Waals surface area contributed by atoms with Gasteiger partial charge in [0.1, 0.15) is 11.3 Å². The van der Waals surface area contributed by atoms with Crippen LogP contribution in [0.4, 0.5) is 0 Å². The second kappa shape index (κ2) is 4.63. The van der Waals surface area contributed by atoms with Crippen LogP contribution in [0, 0.1) is 13.8 Å². The molecular weight excluding hydrogens is 244 g/mol. The van der Waals surface area contributed by atoms with Crippen molar-refractivity contribution >= 4 is 5.91 Å². The Hall–Kier alpha value is -1.36. The lowest BCUT2D eigenvalue weighted by atomic mass is 9.98. The van der Waals surface area contributed by atoms with E-state index in [-0.39, 0.29) is 5.91 Å². The second-order valence-corrected chi connectivity index (χ2v) is 5.63. The van der Waals surface area contributed by atoms with Gasteiger partial charge in [-0.05, 0) is 39.5 Å². The summed E-state index contributed by atoms with van der Waals surface area (Å²) in [5.41, 5.74) is 1.34. The number of hydrogen-bond donors (Lipinski definition) is 0. The summed E-state index contributed by atoms with van der Waals surface area (Å²) in [5, 5.41) is 3.89. The number of ether oxygens (including phenoxy) is 1. The van der Waals surface area contributed by atoms with Crippen LogP contribution in [-0.2, 0) is 4.74 Å². The molecule has 104 valence electrons. The van der Waals surface area contributed by atoms with Gasteiger partial charge in [0.15, 0.2) is 0 Å². The van der Waals surface area contributed by atoms with Crippen molar-refractivity contribution in [2.45, 2.75) is 57.7 Å². The van der Waals surface area contributed by atoms with Crippen molar-refractivity contribution in [1.29, 1.82) is 0 Å². The molecule has 0 aliphatic carbocycles. The summed E-state index contributed by atoms with van der Waals surface area (Å²) in [7, 11) is 1.76. The number of hydrogen-bond acceptors (Lipinski definition) is 4. The maximum Gasteiger partial charge on any atom is 0.259 e. The van der Waals surface area contributed by atoms with E-state index in [4.69, 9.17) is 9.26 Å². The first-order chi connectivity index (χ1) is 9.11. The monoisotopic (exact) mass is 264 g/mol. The van der Waals surface area contributed by atoms with Crippen molar-refractivity contribution in [1.82, 2.24) is 10.1 Å². The Morgan fingerprint density at radius 3 is 2.42 bits per heavy atom. The van der Waals surface area contributed by atoms with E-state index in [0.29, 0.717) is 35.2 Å². The lowest BCUT2D eigenvalue weighted by Gasteiger charge is -2.38. The van der Waals surface area contributed by atoms with Crippen LogP contribution in [0.1, 0.15) is 47.5 Å². The van der Waals surface area contributed by atoms with E-state index >= 15 is 0 Å². The Morgan fingerprint density at radius 1 is 1.32 bits per heavy atom. The molecule has 1 amide bonds. The van der Waals surface area contributed by atoms with Crippen molar-refractivity contribution in [3.05, 3.63) is 17.0 Å². The van der Waals surface area contributed by atoms with Gasteiger partial charge in [0, 0.05) is 19.2 Å². The number of amides is 1. The largest absolute Gasteiger partial charge is 0.381 e. The van der Waals surface area contributed by atoms with Crippen LogP contribution in [0.25, 0.3) is 0 Å². The quantitative estimate of drug-likeness (QED) is 0.820. The highest BCUT2D eigenvalue weighted by atomic mass is 16.5. The molecule has 19 heavy (non-hydrogen) atoms. The standard InChI is InChI=1S/C14H20N2O3/c1-8-13(9(2)19-15-8)14(17)16-10-4-5-11(16)7-12(6-10)18-3/h10-12H,4-7H2,1-3H3. The van der Waals surface area contributed by atoms with Crippen LogP contribution in [0.3, 0.4) is 0 Å². The molecule has 2 saturated heterocycles. The van der Waals surface area contributed by atoms with Crippen LogP contribution >= 0.6 is 0 Å². The highest BCUT2D eigenvalue weighted by Crippen LogP contribution is 2.38. The number of aromatic nitrogens is 1. The first kappa shape index (κ1) is 12.7. The minimum atomic E-state index is 0.0818. The Balaban J connectivity index is 1.86. The summed E-state index contributed by atoms with van der Waals surface area (Å²) in [4.78, 5) is 14.8. The maximum atomic E-state index is 12.7. The number of piperidine rings is 1. The molecule has 0 aromatic carbocycles. The number of rotatable bonds is 2. The fourth-order valence-electron chi connectivity index (χ4n) is 3.57. The van der Waals surface area contributed by atoms with Crippen LogP contribution in [0.2, 0.25) is 0 Å².